The van der Waals surface area contributed by atoms with Crippen molar-refractivity contribution in [2.24, 2.45) is 4.52 Å². The molecule has 0 aliphatic carbocycles. The van der Waals surface area contributed by atoms with Crippen LogP contribution in [0.25, 0.3) is 10.4 Å². The van der Waals surface area contributed by atoms with Gasteiger partial charge in [0.25, 0.3) is 0 Å². The minimum absolute atomic E-state index is 0.0141. The molecule has 0 aliphatic heterocycles. The zero-order chi connectivity index (χ0) is 16.7. The molecule has 0 heterocycles. The summed E-state index contributed by atoms with van der Waals surface area (Å²) in [5.74, 6) is -0.524. The topological polar surface area (TPSA) is 86.1 Å². The van der Waals surface area contributed by atoms with Crippen LogP contribution in [0.2, 0.25) is 0 Å². The van der Waals surface area contributed by atoms with Crippen molar-refractivity contribution in [2.75, 3.05) is 6.54 Å². The van der Waals surface area contributed by atoms with Crippen LogP contribution in [0.15, 0.2) is 65.2 Å². The van der Waals surface area contributed by atoms with E-state index in [0.717, 1.165) is 15.4 Å². The summed E-state index contributed by atoms with van der Waals surface area (Å²) in [6, 6.07) is 18.2. The second kappa shape index (κ2) is 7.83. The third-order valence-corrected chi connectivity index (χ3v) is 4.51. The maximum Gasteiger partial charge on any atom is 0.302 e. The lowest BCUT2D eigenvalue weighted by molar-refractivity contribution is 0.405. The van der Waals surface area contributed by atoms with E-state index in [1.165, 1.54) is 0 Å². The lowest BCUT2D eigenvalue weighted by Gasteiger charge is -2.23. The maximum atomic E-state index is 12.2. The molecule has 0 amide bonds. The van der Waals surface area contributed by atoms with Gasteiger partial charge in [-0.25, -0.2) is 8.42 Å². The molecule has 2 rings (SSSR count). The molecule has 0 fully saturated rings. The van der Waals surface area contributed by atoms with E-state index < -0.39 is 16.0 Å². The molecular formula is C15H15BN4O2S. The molecule has 0 saturated carbocycles. The molecule has 0 spiro atoms. The van der Waals surface area contributed by atoms with Gasteiger partial charge in [0, 0.05) is 22.5 Å². The Labute approximate surface area is 137 Å². The van der Waals surface area contributed by atoms with Crippen LogP contribution in [0.1, 0.15) is 16.9 Å². The van der Waals surface area contributed by atoms with Gasteiger partial charge in [-0.3, -0.25) is 0 Å². The van der Waals surface area contributed by atoms with Crippen molar-refractivity contribution in [1.82, 2.24) is 4.31 Å². The van der Waals surface area contributed by atoms with Crippen LogP contribution in [0.5, 0.6) is 0 Å². The molecule has 116 valence electrons. The van der Waals surface area contributed by atoms with Gasteiger partial charge in [0.15, 0.2) is 0 Å². The third-order valence-electron chi connectivity index (χ3n) is 3.30. The van der Waals surface area contributed by atoms with E-state index in [0.29, 0.717) is 0 Å². The molecule has 0 N–H and O–H groups in total. The van der Waals surface area contributed by atoms with Gasteiger partial charge in [-0.2, -0.15) is 4.31 Å². The van der Waals surface area contributed by atoms with E-state index in [9.17, 15) is 8.42 Å². The summed E-state index contributed by atoms with van der Waals surface area (Å²) in [4.78, 5) is 2.40. The van der Waals surface area contributed by atoms with Crippen LogP contribution in [-0.4, -0.2) is 27.1 Å². The fraction of sp³-hybridized carbons (Fsp3) is 0.200. The van der Waals surface area contributed by atoms with Crippen LogP contribution in [0.3, 0.4) is 0 Å². The highest BCUT2D eigenvalue weighted by Gasteiger charge is 2.23. The highest BCUT2D eigenvalue weighted by molar-refractivity contribution is 7.87. The number of benzene rings is 2. The van der Waals surface area contributed by atoms with E-state index in [2.05, 4.69) is 9.43 Å². The van der Waals surface area contributed by atoms with Crippen molar-refractivity contribution in [3.63, 3.8) is 0 Å². The molecule has 1 atom stereocenters. The molecule has 8 heteroatoms. The van der Waals surface area contributed by atoms with Gasteiger partial charge in [0.2, 0.25) is 0 Å². The Morgan fingerprint density at radius 1 is 1.09 bits per heavy atom. The van der Waals surface area contributed by atoms with Crippen molar-refractivity contribution in [3.05, 3.63) is 82.2 Å². The molecule has 23 heavy (non-hydrogen) atoms. The maximum absolute atomic E-state index is 12.2. The van der Waals surface area contributed by atoms with Gasteiger partial charge in [-0.1, -0.05) is 66.2 Å². The van der Waals surface area contributed by atoms with Crippen molar-refractivity contribution < 1.29 is 8.42 Å². The molecule has 0 saturated heterocycles. The zero-order valence-electron chi connectivity index (χ0n) is 12.4. The molecule has 0 aliphatic rings. The van der Waals surface area contributed by atoms with Gasteiger partial charge in [0.1, 0.15) is 0 Å². The van der Waals surface area contributed by atoms with Crippen molar-refractivity contribution in [2.45, 2.75) is 12.4 Å². The Balaban J connectivity index is 2.25. The number of hydrogen-bond acceptors (Lipinski definition) is 2. The summed E-state index contributed by atoms with van der Waals surface area (Å²) >= 11 is 0. The number of nitrogens with zero attached hydrogens (tertiary/aromatic N) is 4. The molecule has 0 bridgehead atoms. The first-order chi connectivity index (χ1) is 11.0. The van der Waals surface area contributed by atoms with Crippen molar-refractivity contribution >= 4 is 18.1 Å². The molecule has 0 unspecified atom stereocenters. The Morgan fingerprint density at radius 2 is 1.65 bits per heavy atom. The van der Waals surface area contributed by atoms with Gasteiger partial charge in [-0.15, -0.1) is 0 Å². The minimum Gasteiger partial charge on any atom is -0.204 e. The average molecular weight is 326 g/mol. The van der Waals surface area contributed by atoms with Crippen molar-refractivity contribution in [3.8, 4) is 0 Å². The van der Waals surface area contributed by atoms with Crippen LogP contribution < -0.4 is 0 Å². The fourth-order valence-electron chi connectivity index (χ4n) is 2.15. The first kappa shape index (κ1) is 17.1. The van der Waals surface area contributed by atoms with E-state index in [-0.39, 0.29) is 13.1 Å². The number of azide groups is 1. The summed E-state index contributed by atoms with van der Waals surface area (Å²) < 4.78 is 28.3. The summed E-state index contributed by atoms with van der Waals surface area (Å²) in [5, 5.41) is 0. The first-order valence-electron chi connectivity index (χ1n) is 6.94. The predicted molar refractivity (Wildman–Crippen MR) is 89.9 cm³/mol. The fourth-order valence-corrected chi connectivity index (χ4v) is 3.01. The number of hydrogen-bond donors (Lipinski definition) is 0. The lowest BCUT2D eigenvalue weighted by Crippen LogP contribution is -2.33. The smallest absolute Gasteiger partial charge is 0.204 e. The highest BCUT2D eigenvalue weighted by atomic mass is 32.2. The predicted octanol–water partition coefficient (Wildman–Crippen LogP) is 2.95. The summed E-state index contributed by atoms with van der Waals surface area (Å²) in [7, 11) is 1.99. The van der Waals surface area contributed by atoms with E-state index in [1.54, 1.807) is 12.1 Å². The standard InChI is InChI=1S/C15H15BN4O2S/c16-15(14-9-5-2-6-10-14)12-20(23(21,22)19-18-17)11-13-7-3-1-4-8-13/h1-10,15H,11-12H2/t15-/m1/s1. The van der Waals surface area contributed by atoms with Crippen molar-refractivity contribution in [1.29, 1.82) is 0 Å². The van der Waals surface area contributed by atoms with Crippen LogP contribution in [-0.2, 0) is 16.8 Å². The second-order valence-corrected chi connectivity index (χ2v) is 6.52. The second-order valence-electron chi connectivity index (χ2n) is 4.94. The third kappa shape index (κ3) is 4.86. The summed E-state index contributed by atoms with van der Waals surface area (Å²) in [5.41, 5.74) is 10.1. The van der Waals surface area contributed by atoms with Crippen LogP contribution >= 0.6 is 0 Å². The molecule has 2 aromatic carbocycles. The van der Waals surface area contributed by atoms with Gasteiger partial charge in [-0.05, 0) is 16.9 Å². The lowest BCUT2D eigenvalue weighted by atomic mass is 9.81. The van der Waals surface area contributed by atoms with Gasteiger partial charge >= 0.3 is 10.2 Å². The molecular weight excluding hydrogens is 311 g/mol. The van der Waals surface area contributed by atoms with Crippen LogP contribution in [0, 0.1) is 0 Å². The minimum atomic E-state index is -4.11. The molecule has 2 aromatic rings. The summed E-state index contributed by atoms with van der Waals surface area (Å²) in [6.07, 6.45) is 0. The average Bonchev–Trinajstić information content (AvgIpc) is 2.56. The molecule has 6 nitrogen and oxygen atoms in total. The Hall–Kier alpha value is -2.28. The SMILES string of the molecule is [B][C@H](CN(Cc1ccccc1)S(=O)(=O)N=[N+]=[N-])c1ccccc1. The Bertz CT molecular complexity index is 778. The van der Waals surface area contributed by atoms with Gasteiger partial charge in [0.05, 0.1) is 7.85 Å². The van der Waals surface area contributed by atoms with E-state index in [1.807, 2.05) is 48.5 Å². The van der Waals surface area contributed by atoms with E-state index in [4.69, 9.17) is 13.4 Å². The van der Waals surface area contributed by atoms with E-state index >= 15 is 0 Å². The monoisotopic (exact) mass is 326 g/mol. The van der Waals surface area contributed by atoms with Crippen LogP contribution in [0.4, 0.5) is 0 Å². The number of rotatable bonds is 7. The first-order valence-corrected chi connectivity index (χ1v) is 8.33. The Morgan fingerprint density at radius 3 is 2.22 bits per heavy atom. The van der Waals surface area contributed by atoms with Gasteiger partial charge < -0.3 is 0 Å². The zero-order valence-corrected chi connectivity index (χ0v) is 13.2. The largest absolute Gasteiger partial charge is 0.302 e. The quantitative estimate of drug-likeness (QED) is 0.339. The highest BCUT2D eigenvalue weighted by Crippen LogP contribution is 2.18. The molecule has 2 radical (unpaired) electrons. The Kier molecular flexibility index (Phi) is 5.81. The normalized spacial score (nSPS) is 12.6. The summed E-state index contributed by atoms with van der Waals surface area (Å²) in [6.45, 7) is 0.100. The molecule has 0 aromatic heterocycles.